The second-order valence-corrected chi connectivity index (χ2v) is 5.25. The van der Waals surface area contributed by atoms with Gasteiger partial charge in [0.25, 0.3) is 0 Å². The van der Waals surface area contributed by atoms with E-state index in [1.54, 1.807) is 0 Å². The SMILES string of the molecule is Cc1cccc(NC(=O)N(C)C2CCCNCC2)c1. The topological polar surface area (TPSA) is 44.4 Å². The Morgan fingerprint density at radius 2 is 2.21 bits per heavy atom. The number of hydrogen-bond acceptors (Lipinski definition) is 2. The molecular formula is C15H23N3O. The molecular weight excluding hydrogens is 238 g/mol. The second-order valence-electron chi connectivity index (χ2n) is 5.25. The van der Waals surface area contributed by atoms with Crippen LogP contribution in [0, 0.1) is 6.92 Å². The van der Waals surface area contributed by atoms with E-state index in [0.717, 1.165) is 43.6 Å². The molecule has 2 amide bonds. The molecule has 19 heavy (non-hydrogen) atoms. The number of nitrogens with zero attached hydrogens (tertiary/aromatic N) is 1. The van der Waals surface area contributed by atoms with Crippen molar-refractivity contribution < 1.29 is 4.79 Å². The molecule has 0 spiro atoms. The van der Waals surface area contributed by atoms with Crippen molar-refractivity contribution in [2.24, 2.45) is 0 Å². The quantitative estimate of drug-likeness (QED) is 0.859. The standard InChI is InChI=1S/C15H23N3O/c1-12-5-3-6-13(11-12)17-15(19)18(2)14-7-4-9-16-10-8-14/h3,5-6,11,14,16H,4,7-10H2,1-2H3,(H,17,19). The molecule has 1 fully saturated rings. The number of amides is 2. The number of carbonyl (C=O) groups excluding carboxylic acids is 1. The molecule has 4 nitrogen and oxygen atoms in total. The fourth-order valence-electron chi connectivity index (χ4n) is 2.49. The van der Waals surface area contributed by atoms with E-state index < -0.39 is 0 Å². The molecule has 1 saturated heterocycles. The zero-order valence-corrected chi connectivity index (χ0v) is 11.8. The van der Waals surface area contributed by atoms with Crippen LogP contribution in [0.1, 0.15) is 24.8 Å². The Balaban J connectivity index is 1.94. The van der Waals surface area contributed by atoms with Crippen molar-refractivity contribution in [1.82, 2.24) is 10.2 Å². The van der Waals surface area contributed by atoms with Crippen LogP contribution in [-0.4, -0.2) is 37.1 Å². The second kappa shape index (κ2) is 6.57. The predicted octanol–water partition coefficient (Wildman–Crippen LogP) is 2.60. The molecule has 1 aliphatic rings. The Hall–Kier alpha value is -1.55. The lowest BCUT2D eigenvalue weighted by atomic mass is 10.1. The van der Waals surface area contributed by atoms with Crippen molar-refractivity contribution in [3.63, 3.8) is 0 Å². The molecule has 1 unspecified atom stereocenters. The number of aryl methyl sites for hydroxylation is 1. The minimum Gasteiger partial charge on any atom is -0.325 e. The van der Waals surface area contributed by atoms with Gasteiger partial charge < -0.3 is 15.5 Å². The van der Waals surface area contributed by atoms with Crippen molar-refractivity contribution in [2.75, 3.05) is 25.5 Å². The molecule has 1 aromatic carbocycles. The van der Waals surface area contributed by atoms with E-state index in [4.69, 9.17) is 0 Å². The van der Waals surface area contributed by atoms with Gasteiger partial charge in [-0.15, -0.1) is 0 Å². The van der Waals surface area contributed by atoms with Gasteiger partial charge in [-0.3, -0.25) is 0 Å². The molecule has 0 saturated carbocycles. The number of anilines is 1. The third-order valence-electron chi connectivity index (χ3n) is 3.68. The molecule has 1 atom stereocenters. The zero-order valence-electron chi connectivity index (χ0n) is 11.8. The zero-order chi connectivity index (χ0) is 13.7. The normalized spacial score (nSPS) is 19.6. The molecule has 0 aliphatic carbocycles. The highest BCUT2D eigenvalue weighted by Gasteiger charge is 2.20. The largest absolute Gasteiger partial charge is 0.325 e. The highest BCUT2D eigenvalue weighted by molar-refractivity contribution is 5.89. The molecule has 1 aliphatic heterocycles. The number of hydrogen-bond donors (Lipinski definition) is 2. The Morgan fingerprint density at radius 1 is 1.37 bits per heavy atom. The maximum atomic E-state index is 12.2. The Morgan fingerprint density at radius 3 is 3.00 bits per heavy atom. The van der Waals surface area contributed by atoms with Crippen LogP contribution in [0.4, 0.5) is 10.5 Å². The summed E-state index contributed by atoms with van der Waals surface area (Å²) in [6.07, 6.45) is 3.23. The maximum Gasteiger partial charge on any atom is 0.321 e. The first kappa shape index (κ1) is 13.9. The minimum atomic E-state index is -0.0162. The number of benzene rings is 1. The third kappa shape index (κ3) is 3.96. The summed E-state index contributed by atoms with van der Waals surface area (Å²) in [4.78, 5) is 14.1. The van der Waals surface area contributed by atoms with E-state index in [-0.39, 0.29) is 6.03 Å². The smallest absolute Gasteiger partial charge is 0.321 e. The van der Waals surface area contributed by atoms with Gasteiger partial charge in [-0.25, -0.2) is 4.79 Å². The molecule has 2 N–H and O–H groups in total. The molecule has 0 radical (unpaired) electrons. The number of rotatable bonds is 2. The number of urea groups is 1. The predicted molar refractivity (Wildman–Crippen MR) is 78.5 cm³/mol. The van der Waals surface area contributed by atoms with Crippen LogP contribution in [0.5, 0.6) is 0 Å². The van der Waals surface area contributed by atoms with E-state index in [9.17, 15) is 4.79 Å². The van der Waals surface area contributed by atoms with Crippen molar-refractivity contribution >= 4 is 11.7 Å². The van der Waals surface area contributed by atoms with Gasteiger partial charge in [-0.2, -0.15) is 0 Å². The van der Waals surface area contributed by atoms with Crippen LogP contribution >= 0.6 is 0 Å². The van der Waals surface area contributed by atoms with Crippen LogP contribution in [0.3, 0.4) is 0 Å². The van der Waals surface area contributed by atoms with Gasteiger partial charge in [0.15, 0.2) is 0 Å². The van der Waals surface area contributed by atoms with Crippen LogP contribution in [0.25, 0.3) is 0 Å². The molecule has 104 valence electrons. The van der Waals surface area contributed by atoms with E-state index >= 15 is 0 Å². The molecule has 4 heteroatoms. The average Bonchev–Trinajstić information content (AvgIpc) is 2.66. The summed E-state index contributed by atoms with van der Waals surface area (Å²) in [6, 6.07) is 8.21. The van der Waals surface area contributed by atoms with E-state index in [0.29, 0.717) is 6.04 Å². The van der Waals surface area contributed by atoms with Crippen molar-refractivity contribution in [3.05, 3.63) is 29.8 Å². The minimum absolute atomic E-state index is 0.0162. The lowest BCUT2D eigenvalue weighted by Crippen LogP contribution is -2.40. The third-order valence-corrected chi connectivity index (χ3v) is 3.68. The number of nitrogens with one attached hydrogen (secondary N) is 2. The highest BCUT2D eigenvalue weighted by atomic mass is 16.2. The van der Waals surface area contributed by atoms with Crippen LogP contribution < -0.4 is 10.6 Å². The Bertz CT molecular complexity index is 425. The first-order chi connectivity index (χ1) is 9.16. The Labute approximate surface area is 115 Å². The van der Waals surface area contributed by atoms with Crippen molar-refractivity contribution in [2.45, 2.75) is 32.2 Å². The van der Waals surface area contributed by atoms with Crippen LogP contribution in [0.15, 0.2) is 24.3 Å². The van der Waals surface area contributed by atoms with E-state index in [1.807, 2.05) is 43.1 Å². The summed E-state index contributed by atoms with van der Waals surface area (Å²) in [5.41, 5.74) is 2.02. The Kier molecular flexibility index (Phi) is 4.80. The van der Waals surface area contributed by atoms with Gasteiger partial charge in [-0.05, 0) is 57.0 Å². The fourth-order valence-corrected chi connectivity index (χ4v) is 2.49. The van der Waals surface area contributed by atoms with Crippen LogP contribution in [-0.2, 0) is 0 Å². The fraction of sp³-hybridized carbons (Fsp3) is 0.533. The average molecular weight is 261 g/mol. The van der Waals surface area contributed by atoms with Crippen LogP contribution in [0.2, 0.25) is 0 Å². The van der Waals surface area contributed by atoms with Gasteiger partial charge >= 0.3 is 6.03 Å². The van der Waals surface area contributed by atoms with Crippen molar-refractivity contribution in [1.29, 1.82) is 0 Å². The van der Waals surface area contributed by atoms with Crippen molar-refractivity contribution in [3.8, 4) is 0 Å². The molecule has 2 rings (SSSR count). The summed E-state index contributed by atoms with van der Waals surface area (Å²) < 4.78 is 0. The number of carbonyl (C=O) groups is 1. The monoisotopic (exact) mass is 261 g/mol. The van der Waals surface area contributed by atoms with Gasteiger partial charge in [0.1, 0.15) is 0 Å². The van der Waals surface area contributed by atoms with E-state index in [2.05, 4.69) is 10.6 Å². The van der Waals surface area contributed by atoms with Gasteiger partial charge in [-0.1, -0.05) is 12.1 Å². The lowest BCUT2D eigenvalue weighted by molar-refractivity contribution is 0.198. The lowest BCUT2D eigenvalue weighted by Gasteiger charge is -2.27. The first-order valence-corrected chi connectivity index (χ1v) is 6.98. The highest BCUT2D eigenvalue weighted by Crippen LogP contribution is 2.15. The molecule has 0 aromatic heterocycles. The maximum absolute atomic E-state index is 12.2. The molecule has 1 aromatic rings. The molecule has 1 heterocycles. The first-order valence-electron chi connectivity index (χ1n) is 6.98. The van der Waals surface area contributed by atoms with Gasteiger partial charge in [0.2, 0.25) is 0 Å². The summed E-state index contributed by atoms with van der Waals surface area (Å²) in [5.74, 6) is 0. The summed E-state index contributed by atoms with van der Waals surface area (Å²) in [5, 5.41) is 6.34. The summed E-state index contributed by atoms with van der Waals surface area (Å²) >= 11 is 0. The van der Waals surface area contributed by atoms with Gasteiger partial charge in [0, 0.05) is 18.8 Å². The van der Waals surface area contributed by atoms with Gasteiger partial charge in [0.05, 0.1) is 0 Å². The summed E-state index contributed by atoms with van der Waals surface area (Å²) in [6.45, 7) is 4.08. The van der Waals surface area contributed by atoms with E-state index in [1.165, 1.54) is 0 Å². The summed E-state index contributed by atoms with van der Waals surface area (Å²) in [7, 11) is 1.89. The molecule has 0 bridgehead atoms.